The quantitative estimate of drug-likeness (QED) is 0.305. The number of ether oxygens (including phenoxy) is 4. The number of phenols is 2. The number of aliphatic hydroxyl groups is 2. The van der Waals surface area contributed by atoms with E-state index in [1.807, 2.05) is 6.07 Å². The minimum atomic E-state index is -1.10. The minimum Gasteiger partial charge on any atom is -0.507 e. The molecule has 210 valence electrons. The van der Waals surface area contributed by atoms with E-state index in [2.05, 4.69) is 5.32 Å². The van der Waals surface area contributed by atoms with Crippen LogP contribution in [0, 0.1) is 0 Å². The molecule has 1 fully saturated rings. The topological polar surface area (TPSA) is 130 Å². The second kappa shape index (κ2) is 9.38. The lowest BCUT2D eigenvalue weighted by molar-refractivity contribution is 0.0876. The van der Waals surface area contributed by atoms with Crippen molar-refractivity contribution < 1.29 is 39.4 Å². The highest BCUT2D eigenvalue weighted by Crippen LogP contribution is 2.57. The molecule has 0 saturated heterocycles. The Morgan fingerprint density at radius 2 is 1.57 bits per heavy atom. The molecule has 0 spiro atoms. The molecule has 7 rings (SSSR count). The van der Waals surface area contributed by atoms with Crippen molar-refractivity contribution in [3.05, 3.63) is 52.1 Å². The molecule has 3 aromatic rings. The largest absolute Gasteiger partial charge is 0.507 e. The first-order valence-electron chi connectivity index (χ1n) is 13.9. The molecule has 4 aliphatic rings. The highest BCUT2D eigenvalue weighted by Gasteiger charge is 2.41. The Morgan fingerprint density at radius 3 is 2.33 bits per heavy atom. The maximum Gasteiger partial charge on any atom is 0.200 e. The molecule has 40 heavy (non-hydrogen) atoms. The number of fused-ring (bicyclic) bond motifs is 2. The second-order valence-electron chi connectivity index (χ2n) is 11.1. The van der Waals surface area contributed by atoms with Crippen molar-refractivity contribution in [2.45, 2.75) is 62.9 Å². The highest BCUT2D eigenvalue weighted by atomic mass is 16.5. The number of hydrogen-bond donors (Lipinski definition) is 5. The standard InChI is InChI=1S/C31H33NO8/c1-37-21-12-20(33)28-27-16(21)7-8-17-25(27)19(32-31(28)36)11-22-26(17)29(34)18(13-39-22)14-9-23(38-2)30(35)24(10-14)40-15-5-3-4-6-15/h9-12,15,18,29,31-36H,3-8,13H2,1-2H3/t18-,29+,31-/m1/s1. The van der Waals surface area contributed by atoms with Gasteiger partial charge in [0.25, 0.3) is 0 Å². The van der Waals surface area contributed by atoms with Crippen LogP contribution in [0.2, 0.25) is 0 Å². The molecule has 3 aromatic carbocycles. The summed E-state index contributed by atoms with van der Waals surface area (Å²) >= 11 is 0. The van der Waals surface area contributed by atoms with Crippen molar-refractivity contribution in [2.24, 2.45) is 0 Å². The van der Waals surface area contributed by atoms with Gasteiger partial charge in [0.15, 0.2) is 17.7 Å². The van der Waals surface area contributed by atoms with Crippen molar-refractivity contribution in [1.82, 2.24) is 0 Å². The first kappa shape index (κ1) is 25.2. The van der Waals surface area contributed by atoms with Crippen molar-refractivity contribution >= 4 is 5.69 Å². The summed E-state index contributed by atoms with van der Waals surface area (Å²) in [5.41, 5.74) is 5.95. The summed E-state index contributed by atoms with van der Waals surface area (Å²) < 4.78 is 23.5. The van der Waals surface area contributed by atoms with Crippen LogP contribution in [-0.4, -0.2) is 47.4 Å². The minimum absolute atomic E-state index is 0.0422. The SMILES string of the molecule is COc1cc([C@H]2COc3cc4c5c(c3[C@H]2O)CCc2c(OC)cc(O)c(c2-5)[C@@H](O)N4)cc(OC2CCCC2)c1O. The third kappa shape index (κ3) is 3.68. The normalized spacial score (nSPS) is 22.6. The molecule has 0 radical (unpaired) electrons. The van der Waals surface area contributed by atoms with Gasteiger partial charge in [0, 0.05) is 46.0 Å². The molecular weight excluding hydrogens is 514 g/mol. The Morgan fingerprint density at radius 1 is 0.850 bits per heavy atom. The summed E-state index contributed by atoms with van der Waals surface area (Å²) in [4.78, 5) is 0. The Labute approximate surface area is 231 Å². The molecule has 1 saturated carbocycles. The number of rotatable bonds is 5. The van der Waals surface area contributed by atoms with Gasteiger partial charge in [-0.3, -0.25) is 0 Å². The summed E-state index contributed by atoms with van der Waals surface area (Å²) in [6.07, 6.45) is 3.35. The van der Waals surface area contributed by atoms with Crippen molar-refractivity contribution in [1.29, 1.82) is 0 Å². The number of nitrogens with one attached hydrogen (secondary N) is 1. The Bertz CT molecular complexity index is 1510. The van der Waals surface area contributed by atoms with Gasteiger partial charge >= 0.3 is 0 Å². The molecule has 0 unspecified atom stereocenters. The Hall–Kier alpha value is -3.82. The molecule has 0 aromatic heterocycles. The summed E-state index contributed by atoms with van der Waals surface area (Å²) in [5, 5.41) is 47.5. The number of hydrogen-bond acceptors (Lipinski definition) is 9. The fourth-order valence-electron chi connectivity index (χ4n) is 6.99. The molecule has 2 heterocycles. The predicted molar refractivity (Wildman–Crippen MR) is 147 cm³/mol. The molecular formula is C31H33NO8. The summed E-state index contributed by atoms with van der Waals surface area (Å²) in [6, 6.07) is 6.89. The van der Waals surface area contributed by atoms with E-state index < -0.39 is 18.2 Å². The number of phenolic OH excluding ortho intramolecular Hbond substituents is 2. The van der Waals surface area contributed by atoms with Crippen LogP contribution in [0.5, 0.6) is 34.5 Å². The zero-order chi connectivity index (χ0) is 27.7. The van der Waals surface area contributed by atoms with E-state index in [1.54, 1.807) is 25.3 Å². The van der Waals surface area contributed by atoms with Gasteiger partial charge in [-0.05, 0) is 61.8 Å². The first-order valence-corrected chi connectivity index (χ1v) is 13.9. The van der Waals surface area contributed by atoms with E-state index in [0.29, 0.717) is 46.9 Å². The number of anilines is 1. The molecule has 9 heteroatoms. The smallest absolute Gasteiger partial charge is 0.200 e. The van der Waals surface area contributed by atoms with Crippen molar-refractivity contribution in [3.63, 3.8) is 0 Å². The molecule has 5 N–H and O–H groups in total. The van der Waals surface area contributed by atoms with Crippen molar-refractivity contribution in [2.75, 3.05) is 26.1 Å². The van der Waals surface area contributed by atoms with E-state index in [-0.39, 0.29) is 30.0 Å². The second-order valence-corrected chi connectivity index (χ2v) is 11.1. The van der Waals surface area contributed by atoms with E-state index in [0.717, 1.165) is 53.5 Å². The lowest BCUT2D eigenvalue weighted by atomic mass is 9.74. The molecule has 9 nitrogen and oxygen atoms in total. The fourth-order valence-corrected chi connectivity index (χ4v) is 6.99. The summed E-state index contributed by atoms with van der Waals surface area (Å²) in [5.74, 6) is 1.23. The zero-order valence-corrected chi connectivity index (χ0v) is 22.5. The van der Waals surface area contributed by atoms with Crippen LogP contribution in [0.4, 0.5) is 5.69 Å². The average molecular weight is 548 g/mol. The van der Waals surface area contributed by atoms with Gasteiger partial charge < -0.3 is 44.7 Å². The van der Waals surface area contributed by atoms with Crippen LogP contribution in [-0.2, 0) is 12.8 Å². The predicted octanol–water partition coefficient (Wildman–Crippen LogP) is 4.83. The lowest BCUT2D eigenvalue weighted by Gasteiger charge is -2.39. The van der Waals surface area contributed by atoms with Gasteiger partial charge in [-0.1, -0.05) is 0 Å². The molecule has 2 aliphatic carbocycles. The van der Waals surface area contributed by atoms with E-state index in [9.17, 15) is 20.4 Å². The Balaban J connectivity index is 1.34. The molecule has 0 bridgehead atoms. The van der Waals surface area contributed by atoms with Gasteiger partial charge in [-0.25, -0.2) is 0 Å². The number of benzene rings is 3. The molecule has 2 aliphatic heterocycles. The van der Waals surface area contributed by atoms with E-state index in [1.165, 1.54) is 7.11 Å². The third-order valence-electron chi connectivity index (χ3n) is 8.91. The zero-order valence-electron chi connectivity index (χ0n) is 22.5. The van der Waals surface area contributed by atoms with Crippen molar-refractivity contribution in [3.8, 4) is 45.6 Å². The fraction of sp³-hybridized carbons (Fsp3) is 0.419. The van der Waals surface area contributed by atoms with Gasteiger partial charge in [0.1, 0.15) is 17.2 Å². The molecule has 3 atom stereocenters. The average Bonchev–Trinajstić information content (AvgIpc) is 3.46. The van der Waals surface area contributed by atoms with Crippen LogP contribution < -0.4 is 24.3 Å². The van der Waals surface area contributed by atoms with Gasteiger partial charge in [-0.2, -0.15) is 0 Å². The summed E-state index contributed by atoms with van der Waals surface area (Å²) in [6.45, 7) is 0.211. The maximum absolute atomic E-state index is 11.9. The van der Waals surface area contributed by atoms with E-state index in [4.69, 9.17) is 18.9 Å². The number of methoxy groups -OCH3 is 2. The van der Waals surface area contributed by atoms with Crippen LogP contribution in [0.25, 0.3) is 11.1 Å². The number of aliphatic hydroxyl groups excluding tert-OH is 2. The van der Waals surface area contributed by atoms with Crippen LogP contribution in [0.3, 0.4) is 0 Å². The van der Waals surface area contributed by atoms with E-state index >= 15 is 0 Å². The lowest BCUT2D eigenvalue weighted by Crippen LogP contribution is -2.29. The molecule has 0 amide bonds. The first-order chi connectivity index (χ1) is 19.4. The van der Waals surface area contributed by atoms with Crippen LogP contribution in [0.1, 0.15) is 71.8 Å². The number of aromatic hydroxyl groups is 2. The van der Waals surface area contributed by atoms with Crippen LogP contribution in [0.15, 0.2) is 24.3 Å². The summed E-state index contributed by atoms with van der Waals surface area (Å²) in [7, 11) is 3.06. The van der Waals surface area contributed by atoms with Crippen LogP contribution >= 0.6 is 0 Å². The van der Waals surface area contributed by atoms with Gasteiger partial charge in [-0.15, -0.1) is 0 Å². The van der Waals surface area contributed by atoms with Gasteiger partial charge in [0.05, 0.1) is 38.6 Å². The third-order valence-corrected chi connectivity index (χ3v) is 8.91. The van der Waals surface area contributed by atoms with Gasteiger partial charge in [0.2, 0.25) is 5.75 Å². The monoisotopic (exact) mass is 547 g/mol. The maximum atomic E-state index is 11.9. The highest BCUT2D eigenvalue weighted by molar-refractivity contribution is 5.93. The Kier molecular flexibility index (Phi) is 5.90.